The second-order valence-corrected chi connectivity index (χ2v) is 7.16. The molecule has 5 heteroatoms. The highest BCUT2D eigenvalue weighted by Crippen LogP contribution is 2.38. The van der Waals surface area contributed by atoms with Gasteiger partial charge in [-0.2, -0.15) is 0 Å². The van der Waals surface area contributed by atoms with Crippen LogP contribution in [0.3, 0.4) is 0 Å². The largest absolute Gasteiger partial charge is 0.508 e. The van der Waals surface area contributed by atoms with Crippen LogP contribution in [0.2, 0.25) is 5.02 Å². The van der Waals surface area contributed by atoms with Crippen LogP contribution in [0.4, 0.5) is 0 Å². The summed E-state index contributed by atoms with van der Waals surface area (Å²) in [4.78, 5) is 16.9. The number of nitrogens with zero attached hydrogens (tertiary/aromatic N) is 2. The van der Waals surface area contributed by atoms with Crippen LogP contribution < -0.4 is 0 Å². The van der Waals surface area contributed by atoms with Crippen molar-refractivity contribution in [1.29, 1.82) is 0 Å². The zero-order chi connectivity index (χ0) is 18.0. The molecule has 1 aliphatic rings. The molecule has 1 saturated heterocycles. The Labute approximate surface area is 153 Å². The molecule has 0 bridgehead atoms. The van der Waals surface area contributed by atoms with E-state index in [0.717, 1.165) is 12.8 Å². The molecule has 0 radical (unpaired) electrons. The van der Waals surface area contributed by atoms with E-state index in [0.29, 0.717) is 18.7 Å². The SMILES string of the molecule is CN(C)C1(c2ccccc2)CCN(C(=O)c2ccc(O)cc2Cl)CC1. The van der Waals surface area contributed by atoms with Crippen molar-refractivity contribution < 1.29 is 9.90 Å². The first-order valence-corrected chi connectivity index (χ1v) is 8.82. The summed E-state index contributed by atoms with van der Waals surface area (Å²) < 4.78 is 0. The number of amides is 1. The van der Waals surface area contributed by atoms with Gasteiger partial charge >= 0.3 is 0 Å². The van der Waals surface area contributed by atoms with Crippen molar-refractivity contribution in [2.24, 2.45) is 0 Å². The number of phenolic OH excluding ortho intramolecular Hbond substituents is 1. The number of phenols is 1. The van der Waals surface area contributed by atoms with Gasteiger partial charge in [0.15, 0.2) is 0 Å². The third kappa shape index (κ3) is 3.37. The fourth-order valence-electron chi connectivity index (χ4n) is 3.67. The lowest BCUT2D eigenvalue weighted by Gasteiger charge is -2.46. The molecule has 1 fully saturated rings. The van der Waals surface area contributed by atoms with Gasteiger partial charge in [0.05, 0.1) is 10.6 Å². The lowest BCUT2D eigenvalue weighted by atomic mass is 9.79. The Hall–Kier alpha value is -2.04. The number of rotatable bonds is 3. The molecule has 0 atom stereocenters. The predicted octanol–water partition coefficient (Wildman–Crippen LogP) is 3.74. The molecule has 1 heterocycles. The van der Waals surface area contributed by atoms with Gasteiger partial charge in [-0.1, -0.05) is 41.9 Å². The summed E-state index contributed by atoms with van der Waals surface area (Å²) in [5, 5.41) is 9.76. The van der Waals surface area contributed by atoms with Gasteiger partial charge in [-0.3, -0.25) is 9.69 Å². The first kappa shape index (κ1) is 17.8. The molecule has 0 saturated carbocycles. The van der Waals surface area contributed by atoms with Crippen LogP contribution in [0.15, 0.2) is 48.5 Å². The summed E-state index contributed by atoms with van der Waals surface area (Å²) >= 11 is 6.13. The number of benzene rings is 2. The standard InChI is InChI=1S/C20H23ClN2O2/c1-22(2)20(15-6-4-3-5-7-15)10-12-23(13-11-20)19(25)17-9-8-16(24)14-18(17)21/h3-9,14,24H,10-13H2,1-2H3. The van der Waals surface area contributed by atoms with E-state index in [1.54, 1.807) is 6.07 Å². The minimum atomic E-state index is -0.0783. The molecule has 25 heavy (non-hydrogen) atoms. The van der Waals surface area contributed by atoms with Gasteiger partial charge in [0.25, 0.3) is 5.91 Å². The molecule has 3 rings (SSSR count). The average molecular weight is 359 g/mol. The Morgan fingerprint density at radius 1 is 1.12 bits per heavy atom. The smallest absolute Gasteiger partial charge is 0.255 e. The molecule has 0 unspecified atom stereocenters. The van der Waals surface area contributed by atoms with Crippen LogP contribution >= 0.6 is 11.6 Å². The zero-order valence-electron chi connectivity index (χ0n) is 14.6. The van der Waals surface area contributed by atoms with Crippen molar-refractivity contribution in [1.82, 2.24) is 9.80 Å². The summed E-state index contributed by atoms with van der Waals surface area (Å²) in [6, 6.07) is 15.0. The Balaban J connectivity index is 1.79. The maximum absolute atomic E-state index is 12.8. The van der Waals surface area contributed by atoms with E-state index in [9.17, 15) is 9.90 Å². The monoisotopic (exact) mass is 358 g/mol. The van der Waals surface area contributed by atoms with Crippen LogP contribution in [0.1, 0.15) is 28.8 Å². The molecule has 1 amide bonds. The van der Waals surface area contributed by atoms with Gasteiger partial charge in [0, 0.05) is 18.6 Å². The average Bonchev–Trinajstić information content (AvgIpc) is 2.62. The van der Waals surface area contributed by atoms with E-state index < -0.39 is 0 Å². The third-order valence-electron chi connectivity index (χ3n) is 5.23. The zero-order valence-corrected chi connectivity index (χ0v) is 15.3. The Morgan fingerprint density at radius 2 is 1.76 bits per heavy atom. The minimum Gasteiger partial charge on any atom is -0.508 e. The fourth-order valence-corrected chi connectivity index (χ4v) is 3.93. The molecule has 1 aliphatic heterocycles. The van der Waals surface area contributed by atoms with Gasteiger partial charge in [0.1, 0.15) is 5.75 Å². The third-order valence-corrected chi connectivity index (χ3v) is 5.54. The van der Waals surface area contributed by atoms with E-state index in [1.165, 1.54) is 17.7 Å². The first-order chi connectivity index (χ1) is 11.9. The van der Waals surface area contributed by atoms with Gasteiger partial charge in [-0.05, 0) is 50.7 Å². The second kappa shape index (κ2) is 7.06. The normalized spacial score (nSPS) is 16.9. The molecule has 2 aromatic rings. The summed E-state index contributed by atoms with van der Waals surface area (Å²) in [5.74, 6) is -0.0127. The van der Waals surface area contributed by atoms with Crippen molar-refractivity contribution in [3.05, 3.63) is 64.7 Å². The lowest BCUT2D eigenvalue weighted by molar-refractivity contribution is 0.0411. The highest BCUT2D eigenvalue weighted by molar-refractivity contribution is 6.34. The molecule has 1 N–H and O–H groups in total. The first-order valence-electron chi connectivity index (χ1n) is 8.45. The second-order valence-electron chi connectivity index (χ2n) is 6.75. The summed E-state index contributed by atoms with van der Waals surface area (Å²) in [6.45, 7) is 1.34. The van der Waals surface area contributed by atoms with Gasteiger partial charge in [0.2, 0.25) is 0 Å². The highest BCUT2D eigenvalue weighted by Gasteiger charge is 2.39. The van der Waals surface area contributed by atoms with E-state index >= 15 is 0 Å². The van der Waals surface area contributed by atoms with Crippen molar-refractivity contribution >= 4 is 17.5 Å². The van der Waals surface area contributed by atoms with Crippen molar-refractivity contribution in [2.75, 3.05) is 27.2 Å². The number of hydrogen-bond acceptors (Lipinski definition) is 3. The molecule has 132 valence electrons. The molecule has 0 aliphatic carbocycles. The van der Waals surface area contributed by atoms with Gasteiger partial charge in [-0.25, -0.2) is 0 Å². The molecule has 0 spiro atoms. The maximum atomic E-state index is 12.8. The number of likely N-dealkylation sites (tertiary alicyclic amines) is 1. The number of carbonyl (C=O) groups excluding carboxylic acids is 1. The van der Waals surface area contributed by atoms with Crippen molar-refractivity contribution in [3.63, 3.8) is 0 Å². The number of hydrogen-bond donors (Lipinski definition) is 1. The summed E-state index contributed by atoms with van der Waals surface area (Å²) in [5.41, 5.74) is 1.67. The number of piperidine rings is 1. The van der Waals surface area contributed by atoms with Crippen LogP contribution in [0.25, 0.3) is 0 Å². The van der Waals surface area contributed by atoms with E-state index in [4.69, 9.17) is 11.6 Å². The minimum absolute atomic E-state index is 0.0587. The van der Waals surface area contributed by atoms with Crippen LogP contribution in [0.5, 0.6) is 5.75 Å². The predicted molar refractivity (Wildman–Crippen MR) is 100 cm³/mol. The van der Waals surface area contributed by atoms with Gasteiger partial charge in [-0.15, -0.1) is 0 Å². The highest BCUT2D eigenvalue weighted by atomic mass is 35.5. The fraction of sp³-hybridized carbons (Fsp3) is 0.350. The summed E-state index contributed by atoms with van der Waals surface area (Å²) in [7, 11) is 4.20. The Kier molecular flexibility index (Phi) is 5.02. The van der Waals surface area contributed by atoms with Crippen LogP contribution in [0, 0.1) is 0 Å². The molecular formula is C20H23ClN2O2. The Bertz CT molecular complexity index is 754. The van der Waals surface area contributed by atoms with Crippen molar-refractivity contribution in [3.8, 4) is 5.75 Å². The Morgan fingerprint density at radius 3 is 2.32 bits per heavy atom. The molecular weight excluding hydrogens is 336 g/mol. The topological polar surface area (TPSA) is 43.8 Å². The van der Waals surface area contributed by atoms with E-state index in [-0.39, 0.29) is 22.2 Å². The molecule has 2 aromatic carbocycles. The lowest BCUT2D eigenvalue weighted by Crippen LogP contribution is -2.51. The van der Waals surface area contributed by atoms with E-state index in [1.807, 2.05) is 11.0 Å². The number of carbonyl (C=O) groups is 1. The quantitative estimate of drug-likeness (QED) is 0.909. The molecule has 0 aromatic heterocycles. The number of aromatic hydroxyl groups is 1. The van der Waals surface area contributed by atoms with Crippen molar-refractivity contribution in [2.45, 2.75) is 18.4 Å². The maximum Gasteiger partial charge on any atom is 0.255 e. The van der Waals surface area contributed by atoms with E-state index in [2.05, 4.69) is 43.3 Å². The number of halogens is 1. The summed E-state index contributed by atoms with van der Waals surface area (Å²) in [6.07, 6.45) is 1.73. The van der Waals surface area contributed by atoms with Crippen LogP contribution in [-0.2, 0) is 5.54 Å². The van der Waals surface area contributed by atoms with Gasteiger partial charge < -0.3 is 10.0 Å². The van der Waals surface area contributed by atoms with Crippen LogP contribution in [-0.4, -0.2) is 48.0 Å². The molecule has 4 nitrogen and oxygen atoms in total.